The minimum absolute atomic E-state index is 0.653. The minimum Gasteiger partial charge on any atom is -0.313 e. The Labute approximate surface area is 95.4 Å². The van der Waals surface area contributed by atoms with Gasteiger partial charge in [-0.15, -0.1) is 0 Å². The summed E-state index contributed by atoms with van der Waals surface area (Å²) in [6.07, 6.45) is 6.90. The smallest absolute Gasteiger partial charge is 0.0220 e. The molecule has 1 rings (SSSR count). The van der Waals surface area contributed by atoms with E-state index in [0.29, 0.717) is 12.1 Å². The Hall–Kier alpha value is -0.0800. The summed E-state index contributed by atoms with van der Waals surface area (Å²) in [6.45, 7) is 7.94. The fourth-order valence-corrected chi connectivity index (χ4v) is 2.85. The van der Waals surface area contributed by atoms with Gasteiger partial charge >= 0.3 is 0 Å². The van der Waals surface area contributed by atoms with Crippen LogP contribution in [0.1, 0.15) is 52.9 Å². The van der Waals surface area contributed by atoms with Gasteiger partial charge in [-0.25, -0.2) is 0 Å². The van der Waals surface area contributed by atoms with E-state index in [1.807, 2.05) is 0 Å². The van der Waals surface area contributed by atoms with Gasteiger partial charge in [-0.05, 0) is 39.8 Å². The molecule has 0 aliphatic heterocycles. The Morgan fingerprint density at radius 1 is 1.27 bits per heavy atom. The van der Waals surface area contributed by atoms with Crippen LogP contribution in [0.25, 0.3) is 0 Å². The largest absolute Gasteiger partial charge is 0.313 e. The Balaban J connectivity index is 2.44. The summed E-state index contributed by atoms with van der Waals surface area (Å²) >= 11 is 0. The van der Waals surface area contributed by atoms with E-state index >= 15 is 0 Å². The van der Waals surface area contributed by atoms with Gasteiger partial charge in [0.2, 0.25) is 0 Å². The lowest BCUT2D eigenvalue weighted by molar-refractivity contribution is 0.149. The van der Waals surface area contributed by atoms with E-state index in [1.54, 1.807) is 0 Å². The van der Waals surface area contributed by atoms with Crippen molar-refractivity contribution in [3.8, 4) is 0 Å². The number of hydrogen-bond donors (Lipinski definition) is 1. The van der Waals surface area contributed by atoms with Crippen molar-refractivity contribution in [3.63, 3.8) is 0 Å². The van der Waals surface area contributed by atoms with Crippen molar-refractivity contribution < 1.29 is 0 Å². The highest BCUT2D eigenvalue weighted by atomic mass is 15.2. The molecular weight excluding hydrogens is 184 g/mol. The van der Waals surface area contributed by atoms with Crippen molar-refractivity contribution >= 4 is 0 Å². The van der Waals surface area contributed by atoms with Crippen molar-refractivity contribution in [2.24, 2.45) is 0 Å². The molecule has 0 amide bonds. The number of nitrogens with zero attached hydrogens (tertiary/aromatic N) is 1. The highest BCUT2D eigenvalue weighted by molar-refractivity contribution is 4.84. The predicted octanol–water partition coefficient (Wildman–Crippen LogP) is 2.64. The predicted molar refractivity (Wildman–Crippen MR) is 67.2 cm³/mol. The van der Waals surface area contributed by atoms with E-state index in [1.165, 1.54) is 32.1 Å². The first-order valence-electron chi connectivity index (χ1n) is 6.66. The van der Waals surface area contributed by atoms with Gasteiger partial charge < -0.3 is 5.32 Å². The van der Waals surface area contributed by atoms with E-state index in [4.69, 9.17) is 0 Å². The number of nitrogens with one attached hydrogen (secondary N) is 1. The maximum atomic E-state index is 3.59. The fourth-order valence-electron chi connectivity index (χ4n) is 2.85. The molecule has 0 radical (unpaired) electrons. The van der Waals surface area contributed by atoms with E-state index in [2.05, 4.69) is 38.0 Å². The molecule has 0 saturated heterocycles. The normalized spacial score (nSPS) is 22.2. The van der Waals surface area contributed by atoms with Crippen LogP contribution in [-0.2, 0) is 0 Å². The molecule has 0 aromatic rings. The zero-order valence-corrected chi connectivity index (χ0v) is 10.9. The van der Waals surface area contributed by atoms with Crippen LogP contribution in [0.15, 0.2) is 0 Å². The summed E-state index contributed by atoms with van der Waals surface area (Å²) in [4.78, 5) is 2.60. The monoisotopic (exact) mass is 212 g/mol. The highest BCUT2D eigenvalue weighted by Crippen LogP contribution is 2.24. The van der Waals surface area contributed by atoms with Crippen LogP contribution in [0.3, 0.4) is 0 Å². The Bertz CT molecular complexity index is 164. The first kappa shape index (κ1) is 13.0. The average molecular weight is 212 g/mol. The summed E-state index contributed by atoms with van der Waals surface area (Å²) in [7, 11) is 2.31. The lowest BCUT2D eigenvalue weighted by Crippen LogP contribution is -2.49. The van der Waals surface area contributed by atoms with Gasteiger partial charge in [0, 0.05) is 18.1 Å². The Morgan fingerprint density at radius 2 is 1.87 bits per heavy atom. The number of likely N-dealkylation sites (N-methyl/N-ethyl adjacent to an activating group) is 2. The molecule has 1 N–H and O–H groups in total. The van der Waals surface area contributed by atoms with Crippen molar-refractivity contribution in [3.05, 3.63) is 0 Å². The quantitative estimate of drug-likeness (QED) is 0.728. The Morgan fingerprint density at radius 3 is 2.33 bits per heavy atom. The summed E-state index contributed by atoms with van der Waals surface area (Å²) in [6, 6.07) is 2.16. The van der Waals surface area contributed by atoms with Gasteiger partial charge in [0.1, 0.15) is 0 Å². The van der Waals surface area contributed by atoms with E-state index in [-0.39, 0.29) is 0 Å². The van der Waals surface area contributed by atoms with Crippen molar-refractivity contribution in [2.45, 2.75) is 71.0 Å². The molecule has 0 aromatic heterocycles. The summed E-state index contributed by atoms with van der Waals surface area (Å²) < 4.78 is 0. The second kappa shape index (κ2) is 6.49. The molecule has 1 aliphatic rings. The highest BCUT2D eigenvalue weighted by Gasteiger charge is 2.26. The second-order valence-electron chi connectivity index (χ2n) is 4.92. The van der Waals surface area contributed by atoms with Gasteiger partial charge in [-0.1, -0.05) is 26.7 Å². The molecule has 0 bridgehead atoms. The van der Waals surface area contributed by atoms with Crippen molar-refractivity contribution in [1.29, 1.82) is 0 Å². The third-order valence-electron chi connectivity index (χ3n) is 4.03. The van der Waals surface area contributed by atoms with Crippen LogP contribution in [0.2, 0.25) is 0 Å². The maximum absolute atomic E-state index is 3.59. The molecule has 2 atom stereocenters. The zero-order chi connectivity index (χ0) is 11.3. The molecule has 0 aromatic carbocycles. The summed E-state index contributed by atoms with van der Waals surface area (Å²) in [5.41, 5.74) is 0. The van der Waals surface area contributed by atoms with Gasteiger partial charge in [-0.3, -0.25) is 4.90 Å². The van der Waals surface area contributed by atoms with Gasteiger partial charge in [-0.2, -0.15) is 0 Å². The maximum Gasteiger partial charge on any atom is 0.0220 e. The first-order valence-corrected chi connectivity index (χ1v) is 6.66. The van der Waals surface area contributed by atoms with Crippen molar-refractivity contribution in [2.75, 3.05) is 13.6 Å². The molecule has 2 heteroatoms. The molecule has 1 fully saturated rings. The standard InChI is InChI=1S/C13H28N2/c1-5-13(14-6-2)11(3)15(4)12-9-7-8-10-12/h11-14H,5-10H2,1-4H3. The van der Waals surface area contributed by atoms with Crippen LogP contribution in [0.5, 0.6) is 0 Å². The molecule has 15 heavy (non-hydrogen) atoms. The second-order valence-corrected chi connectivity index (χ2v) is 4.92. The van der Waals surface area contributed by atoms with E-state index in [0.717, 1.165) is 12.6 Å². The van der Waals surface area contributed by atoms with Gasteiger partial charge in [0.25, 0.3) is 0 Å². The molecule has 1 aliphatic carbocycles. The summed E-state index contributed by atoms with van der Waals surface area (Å²) in [5, 5.41) is 3.59. The van der Waals surface area contributed by atoms with Crippen LogP contribution in [-0.4, -0.2) is 36.6 Å². The van der Waals surface area contributed by atoms with Crippen LogP contribution in [0.4, 0.5) is 0 Å². The molecule has 90 valence electrons. The average Bonchev–Trinajstić information content (AvgIpc) is 2.77. The topological polar surface area (TPSA) is 15.3 Å². The van der Waals surface area contributed by atoms with E-state index in [9.17, 15) is 0 Å². The van der Waals surface area contributed by atoms with Gasteiger partial charge in [0.15, 0.2) is 0 Å². The zero-order valence-electron chi connectivity index (χ0n) is 10.9. The lowest BCUT2D eigenvalue weighted by atomic mass is 10.0. The third-order valence-corrected chi connectivity index (χ3v) is 4.03. The molecule has 2 nitrogen and oxygen atoms in total. The Kier molecular flexibility index (Phi) is 5.62. The summed E-state index contributed by atoms with van der Waals surface area (Å²) in [5.74, 6) is 0. The van der Waals surface area contributed by atoms with Crippen LogP contribution >= 0.6 is 0 Å². The SMILES string of the molecule is CCNC(CC)C(C)N(C)C1CCCC1. The fraction of sp³-hybridized carbons (Fsp3) is 1.00. The van der Waals surface area contributed by atoms with Crippen LogP contribution in [0, 0.1) is 0 Å². The molecular formula is C13H28N2. The van der Waals surface area contributed by atoms with Crippen molar-refractivity contribution in [1.82, 2.24) is 10.2 Å². The van der Waals surface area contributed by atoms with Crippen LogP contribution < -0.4 is 5.32 Å². The third kappa shape index (κ3) is 3.46. The van der Waals surface area contributed by atoms with Gasteiger partial charge in [0.05, 0.1) is 0 Å². The molecule has 0 spiro atoms. The number of hydrogen-bond acceptors (Lipinski definition) is 2. The molecule has 0 heterocycles. The minimum atomic E-state index is 0.653. The van der Waals surface area contributed by atoms with E-state index < -0.39 is 0 Å². The number of rotatable bonds is 6. The molecule has 2 unspecified atom stereocenters. The first-order chi connectivity index (χ1) is 7.20. The lowest BCUT2D eigenvalue weighted by Gasteiger charge is -2.36. The molecule has 1 saturated carbocycles.